The number of primary amides is 1. The molecule has 3 aromatic carbocycles. The van der Waals surface area contributed by atoms with Gasteiger partial charge in [-0.2, -0.15) is 17.9 Å². The van der Waals surface area contributed by atoms with Crippen molar-refractivity contribution in [3.8, 4) is 5.69 Å². The maximum atomic E-state index is 11.9. The Hall–Kier alpha value is -3.45. The zero-order valence-electron chi connectivity index (χ0n) is 20.0. The van der Waals surface area contributed by atoms with Gasteiger partial charge in [0.2, 0.25) is 11.1 Å². The maximum Gasteiger partial charge on any atom is 0.416 e. The third kappa shape index (κ3) is 10.2. The van der Waals surface area contributed by atoms with Crippen LogP contribution in [-0.2, 0) is 11.0 Å². The number of hydrogen-bond donors (Lipinski definition) is 3. The molecule has 0 bridgehead atoms. The van der Waals surface area contributed by atoms with Gasteiger partial charge in [-0.05, 0) is 66.5 Å². The van der Waals surface area contributed by atoms with Gasteiger partial charge in [0, 0.05) is 5.02 Å². The van der Waals surface area contributed by atoms with E-state index in [0.29, 0.717) is 10.2 Å². The molecule has 1 atom stereocenters. The van der Waals surface area contributed by atoms with Crippen molar-refractivity contribution in [1.82, 2.24) is 20.2 Å². The number of amides is 1. The second kappa shape index (κ2) is 16.3. The lowest BCUT2D eigenvalue weighted by atomic mass is 10.1. The Balaban J connectivity index is 0.000000385. The summed E-state index contributed by atoms with van der Waals surface area (Å²) in [5.74, 6) is -0.432. The highest BCUT2D eigenvalue weighted by Gasteiger charge is 2.29. The molecule has 0 aliphatic heterocycles. The first-order chi connectivity index (χ1) is 17.8. The first-order valence-corrected chi connectivity index (χ1v) is 11.8. The van der Waals surface area contributed by atoms with Crippen LogP contribution < -0.4 is 17.2 Å². The summed E-state index contributed by atoms with van der Waals surface area (Å²) in [5, 5.41) is 11.9. The predicted molar refractivity (Wildman–Crippen MR) is 140 cm³/mol. The Morgan fingerprint density at radius 1 is 0.892 bits per heavy atom. The quantitative estimate of drug-likeness (QED) is 0.309. The molecule has 0 fully saturated rings. The van der Waals surface area contributed by atoms with Gasteiger partial charge in [-0.1, -0.05) is 71.9 Å². The molecule has 0 saturated heterocycles. The minimum atomic E-state index is -4.27. The molecule has 1 amide bonds. The SMILES string of the molecule is CN.CN.FC(F)(F)c1ccc(Cl)cc1.NC(=O)C(Sc1nnnn1-c1ccccc1)c1ccccc1. The summed E-state index contributed by atoms with van der Waals surface area (Å²) in [7, 11) is 3.00. The van der Waals surface area contributed by atoms with Gasteiger partial charge >= 0.3 is 6.18 Å². The standard InChI is InChI=1S/C15H13N5OS.C7H4ClF3.2CH5N/c16-14(21)13(11-7-3-1-4-8-11)22-15-17-18-19-20(15)12-9-5-2-6-10-12;8-6-3-1-5(2-4-6)7(9,10)11;2*1-2/h1-10,13H,(H2,16,21);1-4H;2*2H2,1H3. The van der Waals surface area contributed by atoms with Crippen molar-refractivity contribution >= 4 is 29.3 Å². The van der Waals surface area contributed by atoms with Crippen LogP contribution in [0.25, 0.3) is 5.69 Å². The number of aromatic nitrogens is 4. The first-order valence-electron chi connectivity index (χ1n) is 10.6. The number of nitrogens with zero attached hydrogens (tertiary/aromatic N) is 4. The molecule has 0 radical (unpaired) electrons. The molecular weight excluding hydrogens is 527 g/mol. The van der Waals surface area contributed by atoms with Crippen LogP contribution in [0, 0.1) is 0 Å². The Bertz CT molecular complexity index is 1180. The molecule has 0 spiro atoms. The second-order valence-electron chi connectivity index (χ2n) is 6.52. The molecule has 4 rings (SSSR count). The van der Waals surface area contributed by atoms with Crippen molar-refractivity contribution < 1.29 is 18.0 Å². The number of tetrazole rings is 1. The van der Waals surface area contributed by atoms with Crippen molar-refractivity contribution in [2.75, 3.05) is 14.1 Å². The number of para-hydroxylation sites is 1. The molecular formula is C24H27ClF3N7OS. The molecule has 1 aromatic heterocycles. The van der Waals surface area contributed by atoms with Gasteiger partial charge in [0.1, 0.15) is 5.25 Å². The highest BCUT2D eigenvalue weighted by molar-refractivity contribution is 8.00. The summed E-state index contributed by atoms with van der Waals surface area (Å²) in [6, 6.07) is 23.2. The van der Waals surface area contributed by atoms with Crippen molar-refractivity contribution in [3.63, 3.8) is 0 Å². The molecule has 198 valence electrons. The average molecular weight is 554 g/mol. The van der Waals surface area contributed by atoms with Crippen LogP contribution in [0.5, 0.6) is 0 Å². The molecule has 37 heavy (non-hydrogen) atoms. The molecule has 4 aromatic rings. The van der Waals surface area contributed by atoms with E-state index in [1.807, 2.05) is 60.7 Å². The Morgan fingerprint density at radius 2 is 1.41 bits per heavy atom. The highest BCUT2D eigenvalue weighted by Crippen LogP contribution is 2.34. The van der Waals surface area contributed by atoms with E-state index in [1.54, 1.807) is 4.68 Å². The minimum absolute atomic E-state index is 0.304. The fraction of sp³-hybridized carbons (Fsp3) is 0.167. The van der Waals surface area contributed by atoms with Gasteiger partial charge in [-0.25, -0.2) is 0 Å². The van der Waals surface area contributed by atoms with E-state index in [2.05, 4.69) is 27.0 Å². The van der Waals surface area contributed by atoms with Gasteiger partial charge in [-0.15, -0.1) is 5.10 Å². The number of benzene rings is 3. The first kappa shape index (κ1) is 31.6. The van der Waals surface area contributed by atoms with Gasteiger partial charge in [0.05, 0.1) is 11.3 Å². The number of halogens is 4. The smallest absolute Gasteiger partial charge is 0.368 e. The van der Waals surface area contributed by atoms with Gasteiger partial charge < -0.3 is 17.2 Å². The zero-order chi connectivity index (χ0) is 27.8. The third-order valence-corrected chi connectivity index (χ3v) is 5.65. The van der Waals surface area contributed by atoms with E-state index in [9.17, 15) is 18.0 Å². The molecule has 13 heteroatoms. The Kier molecular flexibility index (Phi) is 13.9. The largest absolute Gasteiger partial charge is 0.416 e. The normalized spacial score (nSPS) is 10.9. The summed E-state index contributed by atoms with van der Waals surface area (Å²) in [5.41, 5.74) is 15.5. The van der Waals surface area contributed by atoms with Crippen LogP contribution in [0.4, 0.5) is 13.2 Å². The van der Waals surface area contributed by atoms with Crippen LogP contribution >= 0.6 is 23.4 Å². The third-order valence-electron chi connectivity index (χ3n) is 4.20. The Morgan fingerprint density at radius 3 is 1.89 bits per heavy atom. The molecule has 6 N–H and O–H groups in total. The number of carbonyl (C=O) groups excluding carboxylic acids is 1. The molecule has 8 nitrogen and oxygen atoms in total. The maximum absolute atomic E-state index is 11.9. The number of nitrogens with two attached hydrogens (primary N) is 3. The van der Waals surface area contributed by atoms with Crippen LogP contribution in [0.1, 0.15) is 16.4 Å². The van der Waals surface area contributed by atoms with Crippen molar-refractivity contribution in [1.29, 1.82) is 0 Å². The van der Waals surface area contributed by atoms with Gasteiger partial charge in [0.25, 0.3) is 0 Å². The zero-order valence-corrected chi connectivity index (χ0v) is 21.6. The number of hydrogen-bond acceptors (Lipinski definition) is 7. The number of rotatable bonds is 5. The molecule has 0 saturated carbocycles. The fourth-order valence-electron chi connectivity index (χ4n) is 2.65. The van der Waals surface area contributed by atoms with E-state index >= 15 is 0 Å². The lowest BCUT2D eigenvalue weighted by Crippen LogP contribution is -2.19. The lowest BCUT2D eigenvalue weighted by Gasteiger charge is -2.12. The van der Waals surface area contributed by atoms with Crippen LogP contribution in [0.3, 0.4) is 0 Å². The van der Waals surface area contributed by atoms with Crippen LogP contribution in [0.15, 0.2) is 90.1 Å². The summed E-state index contributed by atoms with van der Waals surface area (Å²) in [6.45, 7) is 0. The van der Waals surface area contributed by atoms with E-state index in [-0.39, 0.29) is 0 Å². The number of carbonyl (C=O) groups is 1. The van der Waals surface area contributed by atoms with Gasteiger partial charge in [0.15, 0.2) is 0 Å². The summed E-state index contributed by atoms with van der Waals surface area (Å²) in [4.78, 5) is 11.8. The van der Waals surface area contributed by atoms with Crippen molar-refractivity contribution in [3.05, 3.63) is 101 Å². The predicted octanol–water partition coefficient (Wildman–Crippen LogP) is 4.49. The summed E-state index contributed by atoms with van der Waals surface area (Å²) in [6.07, 6.45) is -4.27. The fourth-order valence-corrected chi connectivity index (χ4v) is 3.72. The van der Waals surface area contributed by atoms with E-state index in [4.69, 9.17) is 17.3 Å². The topological polar surface area (TPSA) is 139 Å². The van der Waals surface area contributed by atoms with Crippen molar-refractivity contribution in [2.45, 2.75) is 16.6 Å². The summed E-state index contributed by atoms with van der Waals surface area (Å²) >= 11 is 6.62. The number of alkyl halides is 3. The molecule has 0 aliphatic rings. The Labute approximate surface area is 222 Å². The van der Waals surface area contributed by atoms with E-state index in [0.717, 1.165) is 23.4 Å². The minimum Gasteiger partial charge on any atom is -0.368 e. The summed E-state index contributed by atoms with van der Waals surface area (Å²) < 4.78 is 37.2. The number of thioether (sulfide) groups is 1. The van der Waals surface area contributed by atoms with Crippen LogP contribution in [0.2, 0.25) is 5.02 Å². The monoisotopic (exact) mass is 553 g/mol. The highest BCUT2D eigenvalue weighted by atomic mass is 35.5. The lowest BCUT2D eigenvalue weighted by molar-refractivity contribution is -0.137. The van der Waals surface area contributed by atoms with Gasteiger partial charge in [-0.3, -0.25) is 4.79 Å². The molecule has 0 aliphatic carbocycles. The van der Waals surface area contributed by atoms with Crippen molar-refractivity contribution in [2.24, 2.45) is 17.2 Å². The van der Waals surface area contributed by atoms with Crippen LogP contribution in [-0.4, -0.2) is 40.2 Å². The van der Waals surface area contributed by atoms with E-state index < -0.39 is 22.9 Å². The van der Waals surface area contributed by atoms with E-state index in [1.165, 1.54) is 38.0 Å². The molecule has 1 unspecified atom stereocenters. The second-order valence-corrected chi connectivity index (χ2v) is 8.03. The molecule has 1 heterocycles. The average Bonchev–Trinajstić information content (AvgIpc) is 3.39.